The van der Waals surface area contributed by atoms with E-state index in [4.69, 9.17) is 0 Å². The SMILES string of the molecule is CCCCCCCC(=O)Nc1cc(-c2ccc(O)c(F)c2)ccc1O. The number of carbonyl (C=O) groups is 1. The largest absolute Gasteiger partial charge is 0.506 e. The molecule has 0 saturated heterocycles. The second kappa shape index (κ2) is 9.06. The average Bonchev–Trinajstić information content (AvgIpc) is 2.59. The molecule has 3 N–H and O–H groups in total. The van der Waals surface area contributed by atoms with Crippen LogP contribution in [0.15, 0.2) is 36.4 Å². The van der Waals surface area contributed by atoms with E-state index in [1.165, 1.54) is 24.6 Å². The van der Waals surface area contributed by atoms with Gasteiger partial charge in [0.05, 0.1) is 5.69 Å². The highest BCUT2D eigenvalue weighted by Crippen LogP contribution is 2.31. The third kappa shape index (κ3) is 5.48. The molecule has 2 aromatic rings. The molecular weight excluding hydrogens is 321 g/mol. The van der Waals surface area contributed by atoms with Crippen molar-refractivity contribution >= 4 is 11.6 Å². The van der Waals surface area contributed by atoms with Crippen molar-refractivity contribution < 1.29 is 19.4 Å². The van der Waals surface area contributed by atoms with Crippen molar-refractivity contribution in [2.24, 2.45) is 0 Å². The number of hydrogen-bond acceptors (Lipinski definition) is 3. The third-order valence-electron chi connectivity index (χ3n) is 4.06. The van der Waals surface area contributed by atoms with Crippen LogP contribution in [0.5, 0.6) is 11.5 Å². The molecule has 0 fully saturated rings. The Morgan fingerprint density at radius 1 is 0.960 bits per heavy atom. The number of carbonyl (C=O) groups excluding carboxylic acids is 1. The maximum absolute atomic E-state index is 13.5. The van der Waals surface area contributed by atoms with Crippen molar-refractivity contribution in [3.63, 3.8) is 0 Å². The summed E-state index contributed by atoms with van der Waals surface area (Å²) >= 11 is 0. The fraction of sp³-hybridized carbons (Fsp3) is 0.350. The third-order valence-corrected chi connectivity index (χ3v) is 4.06. The maximum Gasteiger partial charge on any atom is 0.224 e. The van der Waals surface area contributed by atoms with E-state index in [9.17, 15) is 19.4 Å². The molecule has 1 amide bonds. The first kappa shape index (κ1) is 18.8. The minimum absolute atomic E-state index is 0.0395. The Hall–Kier alpha value is -2.56. The first-order valence-corrected chi connectivity index (χ1v) is 8.63. The van der Waals surface area contributed by atoms with E-state index >= 15 is 0 Å². The van der Waals surface area contributed by atoms with Crippen LogP contribution < -0.4 is 5.32 Å². The molecule has 0 aliphatic carbocycles. The van der Waals surface area contributed by atoms with Crippen LogP contribution in [0.2, 0.25) is 0 Å². The highest BCUT2D eigenvalue weighted by molar-refractivity contribution is 5.93. The number of amides is 1. The molecular formula is C20H24FNO3. The summed E-state index contributed by atoms with van der Waals surface area (Å²) in [5, 5.41) is 21.9. The second-order valence-electron chi connectivity index (χ2n) is 6.11. The zero-order valence-corrected chi connectivity index (χ0v) is 14.4. The number of halogens is 1. The molecule has 2 aromatic carbocycles. The number of nitrogens with one attached hydrogen (secondary N) is 1. The first-order chi connectivity index (χ1) is 12.0. The molecule has 0 bridgehead atoms. The predicted molar refractivity (Wildman–Crippen MR) is 97.2 cm³/mol. The molecule has 0 radical (unpaired) electrons. The lowest BCUT2D eigenvalue weighted by Gasteiger charge is -2.10. The van der Waals surface area contributed by atoms with E-state index in [1.807, 2.05) is 0 Å². The van der Waals surface area contributed by atoms with Crippen LogP contribution >= 0.6 is 0 Å². The summed E-state index contributed by atoms with van der Waals surface area (Å²) in [6.07, 6.45) is 5.69. The summed E-state index contributed by atoms with van der Waals surface area (Å²) in [5.74, 6) is -1.33. The Balaban J connectivity index is 2.03. The van der Waals surface area contributed by atoms with Crippen LogP contribution in [0.4, 0.5) is 10.1 Å². The molecule has 134 valence electrons. The van der Waals surface area contributed by atoms with E-state index in [0.29, 0.717) is 23.2 Å². The van der Waals surface area contributed by atoms with Crippen molar-refractivity contribution in [3.8, 4) is 22.6 Å². The van der Waals surface area contributed by atoms with Crippen molar-refractivity contribution in [1.82, 2.24) is 0 Å². The number of rotatable bonds is 8. The van der Waals surface area contributed by atoms with Crippen molar-refractivity contribution in [3.05, 3.63) is 42.2 Å². The van der Waals surface area contributed by atoms with Crippen LogP contribution in [-0.4, -0.2) is 16.1 Å². The number of benzene rings is 2. The van der Waals surface area contributed by atoms with Gasteiger partial charge in [0.1, 0.15) is 5.75 Å². The van der Waals surface area contributed by atoms with Gasteiger partial charge in [0.15, 0.2) is 11.6 Å². The summed E-state index contributed by atoms with van der Waals surface area (Å²) in [6, 6.07) is 8.73. The van der Waals surface area contributed by atoms with E-state index in [0.717, 1.165) is 25.7 Å². The smallest absolute Gasteiger partial charge is 0.224 e. The number of hydrogen-bond donors (Lipinski definition) is 3. The van der Waals surface area contributed by atoms with Gasteiger partial charge in [-0.25, -0.2) is 4.39 Å². The van der Waals surface area contributed by atoms with Gasteiger partial charge in [0, 0.05) is 6.42 Å². The first-order valence-electron chi connectivity index (χ1n) is 8.63. The molecule has 0 atom stereocenters. The van der Waals surface area contributed by atoms with Gasteiger partial charge in [0.25, 0.3) is 0 Å². The van der Waals surface area contributed by atoms with E-state index in [-0.39, 0.29) is 11.7 Å². The number of aromatic hydroxyl groups is 2. The molecule has 0 aliphatic rings. The molecule has 25 heavy (non-hydrogen) atoms. The minimum atomic E-state index is -0.719. The summed E-state index contributed by atoms with van der Waals surface area (Å²) in [6.45, 7) is 2.14. The Bertz CT molecular complexity index is 731. The van der Waals surface area contributed by atoms with Crippen molar-refractivity contribution in [1.29, 1.82) is 0 Å². The predicted octanol–water partition coefficient (Wildman–Crippen LogP) is 5.20. The topological polar surface area (TPSA) is 69.6 Å². The zero-order valence-electron chi connectivity index (χ0n) is 14.4. The van der Waals surface area contributed by atoms with Crippen LogP contribution in [-0.2, 0) is 4.79 Å². The van der Waals surface area contributed by atoms with Gasteiger partial charge in [-0.1, -0.05) is 44.7 Å². The van der Waals surface area contributed by atoms with Crippen LogP contribution in [0, 0.1) is 5.82 Å². The fourth-order valence-corrected chi connectivity index (χ4v) is 2.60. The van der Waals surface area contributed by atoms with Gasteiger partial charge < -0.3 is 15.5 Å². The van der Waals surface area contributed by atoms with Crippen LogP contribution in [0.1, 0.15) is 45.4 Å². The van der Waals surface area contributed by atoms with E-state index in [2.05, 4.69) is 12.2 Å². The van der Waals surface area contributed by atoms with Gasteiger partial charge >= 0.3 is 0 Å². The van der Waals surface area contributed by atoms with Gasteiger partial charge in [-0.15, -0.1) is 0 Å². The summed E-state index contributed by atoms with van der Waals surface area (Å²) in [7, 11) is 0. The van der Waals surface area contributed by atoms with Gasteiger partial charge in [-0.05, 0) is 41.8 Å². The van der Waals surface area contributed by atoms with Gasteiger partial charge in [-0.3, -0.25) is 4.79 Å². The fourth-order valence-electron chi connectivity index (χ4n) is 2.60. The van der Waals surface area contributed by atoms with Crippen LogP contribution in [0.25, 0.3) is 11.1 Å². The number of phenols is 2. The number of phenolic OH excluding ortho intramolecular Hbond substituents is 2. The Morgan fingerprint density at radius 3 is 2.28 bits per heavy atom. The van der Waals surface area contributed by atoms with Gasteiger partial charge in [0.2, 0.25) is 5.91 Å². The molecule has 0 aliphatic heterocycles. The Labute approximate surface area is 147 Å². The average molecular weight is 345 g/mol. The lowest BCUT2D eigenvalue weighted by Crippen LogP contribution is -2.11. The Kier molecular flexibility index (Phi) is 6.81. The molecule has 2 rings (SSSR count). The molecule has 5 heteroatoms. The molecule has 0 aromatic heterocycles. The number of anilines is 1. The maximum atomic E-state index is 13.5. The highest BCUT2D eigenvalue weighted by atomic mass is 19.1. The second-order valence-corrected chi connectivity index (χ2v) is 6.11. The lowest BCUT2D eigenvalue weighted by atomic mass is 10.0. The quantitative estimate of drug-likeness (QED) is 0.455. The number of unbranched alkanes of at least 4 members (excludes halogenated alkanes) is 4. The molecule has 0 saturated carbocycles. The minimum Gasteiger partial charge on any atom is -0.506 e. The van der Waals surface area contributed by atoms with E-state index in [1.54, 1.807) is 18.2 Å². The molecule has 0 heterocycles. The molecule has 4 nitrogen and oxygen atoms in total. The lowest BCUT2D eigenvalue weighted by molar-refractivity contribution is -0.116. The highest BCUT2D eigenvalue weighted by Gasteiger charge is 2.10. The summed E-state index contributed by atoms with van der Waals surface area (Å²) in [5.41, 5.74) is 1.48. The Morgan fingerprint density at radius 2 is 1.60 bits per heavy atom. The van der Waals surface area contributed by atoms with Gasteiger partial charge in [-0.2, -0.15) is 0 Å². The van der Waals surface area contributed by atoms with Crippen molar-refractivity contribution in [2.75, 3.05) is 5.32 Å². The summed E-state index contributed by atoms with van der Waals surface area (Å²) < 4.78 is 13.5. The summed E-state index contributed by atoms with van der Waals surface area (Å²) in [4.78, 5) is 12.0. The standard InChI is InChI=1S/C20H24FNO3/c1-2-3-4-5-6-7-20(25)22-17-13-15(9-11-19(17)24)14-8-10-18(23)16(21)12-14/h8-13,23-24H,2-7H2,1H3,(H,22,25). The normalized spacial score (nSPS) is 10.6. The van der Waals surface area contributed by atoms with Crippen molar-refractivity contribution in [2.45, 2.75) is 45.4 Å². The molecule has 0 unspecified atom stereocenters. The van der Waals surface area contributed by atoms with E-state index < -0.39 is 11.6 Å². The molecule has 0 spiro atoms. The van der Waals surface area contributed by atoms with Crippen LogP contribution in [0.3, 0.4) is 0 Å². The zero-order chi connectivity index (χ0) is 18.2. The monoisotopic (exact) mass is 345 g/mol.